The summed E-state index contributed by atoms with van der Waals surface area (Å²) in [4.78, 5) is 0. The van der Waals surface area contributed by atoms with Gasteiger partial charge in [0.1, 0.15) is 11.6 Å². The largest absolute Gasteiger partial charge is 0.496 e. The van der Waals surface area contributed by atoms with Crippen molar-refractivity contribution in [2.24, 2.45) is 5.73 Å². The summed E-state index contributed by atoms with van der Waals surface area (Å²) >= 11 is 0. The van der Waals surface area contributed by atoms with Gasteiger partial charge in [-0.15, -0.1) is 0 Å². The van der Waals surface area contributed by atoms with Crippen molar-refractivity contribution in [3.8, 4) is 5.75 Å². The lowest BCUT2D eigenvalue weighted by Crippen LogP contribution is -2.33. The van der Waals surface area contributed by atoms with Crippen molar-refractivity contribution in [3.63, 3.8) is 0 Å². The fraction of sp³-hybridized carbons (Fsp3) is 0.455. The molecule has 3 nitrogen and oxygen atoms in total. The van der Waals surface area contributed by atoms with E-state index < -0.39 is 6.10 Å². The van der Waals surface area contributed by atoms with E-state index in [9.17, 15) is 9.50 Å². The van der Waals surface area contributed by atoms with Crippen LogP contribution in [-0.2, 0) is 6.42 Å². The van der Waals surface area contributed by atoms with E-state index in [1.165, 1.54) is 19.2 Å². The predicted molar refractivity (Wildman–Crippen MR) is 56.3 cm³/mol. The van der Waals surface area contributed by atoms with Crippen LogP contribution in [0.4, 0.5) is 4.39 Å². The lowest BCUT2D eigenvalue weighted by Gasteiger charge is -2.16. The molecular formula is C11H16FNO2. The maximum Gasteiger partial charge on any atom is 0.123 e. The van der Waals surface area contributed by atoms with Gasteiger partial charge < -0.3 is 15.6 Å². The SMILES string of the molecule is COc1ccc(F)cc1CC(O)C(C)N. The molecule has 1 aromatic carbocycles. The van der Waals surface area contributed by atoms with Crippen LogP contribution >= 0.6 is 0 Å². The van der Waals surface area contributed by atoms with E-state index in [2.05, 4.69) is 0 Å². The van der Waals surface area contributed by atoms with Gasteiger partial charge in [0.05, 0.1) is 13.2 Å². The molecule has 0 spiro atoms. The molecule has 0 bridgehead atoms. The second-order valence-corrected chi connectivity index (χ2v) is 3.59. The van der Waals surface area contributed by atoms with E-state index in [0.29, 0.717) is 17.7 Å². The van der Waals surface area contributed by atoms with Crippen LogP contribution in [0.25, 0.3) is 0 Å². The summed E-state index contributed by atoms with van der Waals surface area (Å²) in [7, 11) is 1.51. The van der Waals surface area contributed by atoms with E-state index in [1.807, 2.05) is 0 Å². The summed E-state index contributed by atoms with van der Waals surface area (Å²) in [6.45, 7) is 1.70. The second-order valence-electron chi connectivity index (χ2n) is 3.59. The Morgan fingerprint density at radius 3 is 2.73 bits per heavy atom. The van der Waals surface area contributed by atoms with Crippen LogP contribution in [0.5, 0.6) is 5.75 Å². The van der Waals surface area contributed by atoms with Gasteiger partial charge in [-0.1, -0.05) is 0 Å². The molecule has 2 unspecified atom stereocenters. The van der Waals surface area contributed by atoms with Crippen LogP contribution in [0.3, 0.4) is 0 Å². The topological polar surface area (TPSA) is 55.5 Å². The van der Waals surface area contributed by atoms with E-state index in [-0.39, 0.29) is 11.9 Å². The Morgan fingerprint density at radius 2 is 2.20 bits per heavy atom. The number of rotatable bonds is 4. The Labute approximate surface area is 88.7 Å². The van der Waals surface area contributed by atoms with E-state index >= 15 is 0 Å². The third-order valence-electron chi connectivity index (χ3n) is 2.28. The molecule has 15 heavy (non-hydrogen) atoms. The van der Waals surface area contributed by atoms with Crippen molar-refractivity contribution < 1.29 is 14.2 Å². The van der Waals surface area contributed by atoms with Crippen molar-refractivity contribution in [2.45, 2.75) is 25.5 Å². The number of halogens is 1. The number of aliphatic hydroxyl groups excluding tert-OH is 1. The molecule has 0 amide bonds. The van der Waals surface area contributed by atoms with Gasteiger partial charge in [-0.2, -0.15) is 0 Å². The number of methoxy groups -OCH3 is 1. The van der Waals surface area contributed by atoms with Gasteiger partial charge in [0, 0.05) is 12.5 Å². The Morgan fingerprint density at radius 1 is 1.53 bits per heavy atom. The second kappa shape index (κ2) is 5.09. The number of ether oxygens (including phenoxy) is 1. The van der Waals surface area contributed by atoms with Gasteiger partial charge in [-0.25, -0.2) is 4.39 Å². The monoisotopic (exact) mass is 213 g/mol. The van der Waals surface area contributed by atoms with Gasteiger partial charge in [0.25, 0.3) is 0 Å². The molecule has 0 saturated heterocycles. The first-order valence-electron chi connectivity index (χ1n) is 4.80. The number of aliphatic hydroxyl groups is 1. The number of nitrogens with two attached hydrogens (primary N) is 1. The lowest BCUT2D eigenvalue weighted by atomic mass is 10.0. The molecule has 0 aliphatic carbocycles. The molecule has 0 saturated carbocycles. The van der Waals surface area contributed by atoms with Crippen LogP contribution in [-0.4, -0.2) is 24.4 Å². The highest BCUT2D eigenvalue weighted by atomic mass is 19.1. The summed E-state index contributed by atoms with van der Waals surface area (Å²) in [6.07, 6.45) is -0.404. The average molecular weight is 213 g/mol. The molecule has 1 aromatic rings. The molecule has 84 valence electrons. The van der Waals surface area contributed by atoms with Crippen LogP contribution in [0.1, 0.15) is 12.5 Å². The van der Waals surface area contributed by atoms with Crippen molar-refractivity contribution in [1.82, 2.24) is 0 Å². The molecule has 0 radical (unpaired) electrons. The molecule has 0 aliphatic heterocycles. The zero-order chi connectivity index (χ0) is 11.4. The fourth-order valence-electron chi connectivity index (χ4n) is 1.32. The fourth-order valence-corrected chi connectivity index (χ4v) is 1.32. The average Bonchev–Trinajstić information content (AvgIpc) is 2.18. The maximum atomic E-state index is 13.0. The van der Waals surface area contributed by atoms with Gasteiger partial charge in [0.2, 0.25) is 0 Å². The van der Waals surface area contributed by atoms with Gasteiger partial charge in [-0.05, 0) is 30.7 Å². The molecule has 3 N–H and O–H groups in total. The maximum absolute atomic E-state index is 13.0. The Balaban J connectivity index is 2.87. The van der Waals surface area contributed by atoms with Crippen LogP contribution in [0.2, 0.25) is 0 Å². The normalized spacial score (nSPS) is 14.7. The molecule has 1 rings (SSSR count). The highest BCUT2D eigenvalue weighted by Crippen LogP contribution is 2.21. The Bertz CT molecular complexity index is 328. The van der Waals surface area contributed by atoms with Crippen molar-refractivity contribution in [1.29, 1.82) is 0 Å². The first kappa shape index (κ1) is 11.9. The number of benzene rings is 1. The van der Waals surface area contributed by atoms with Crippen molar-refractivity contribution in [3.05, 3.63) is 29.6 Å². The van der Waals surface area contributed by atoms with Crippen LogP contribution < -0.4 is 10.5 Å². The molecule has 0 aliphatic rings. The first-order valence-corrected chi connectivity index (χ1v) is 4.80. The van der Waals surface area contributed by atoms with Gasteiger partial charge in [0.15, 0.2) is 0 Å². The van der Waals surface area contributed by atoms with E-state index in [0.717, 1.165) is 0 Å². The molecule has 2 atom stereocenters. The number of hydrogen-bond acceptors (Lipinski definition) is 3. The zero-order valence-corrected chi connectivity index (χ0v) is 8.90. The molecule has 4 heteroatoms. The smallest absolute Gasteiger partial charge is 0.123 e. The summed E-state index contributed by atoms with van der Waals surface area (Å²) in [5.41, 5.74) is 6.16. The Hall–Kier alpha value is -1.13. The predicted octanol–water partition coefficient (Wildman–Crippen LogP) is 1.08. The first-order chi connectivity index (χ1) is 7.04. The van der Waals surface area contributed by atoms with Gasteiger partial charge in [-0.3, -0.25) is 0 Å². The van der Waals surface area contributed by atoms with Crippen LogP contribution in [0.15, 0.2) is 18.2 Å². The minimum absolute atomic E-state index is 0.290. The Kier molecular flexibility index (Phi) is 4.05. The summed E-state index contributed by atoms with van der Waals surface area (Å²) in [5.74, 6) is 0.221. The van der Waals surface area contributed by atoms with Crippen molar-refractivity contribution >= 4 is 0 Å². The van der Waals surface area contributed by atoms with E-state index in [4.69, 9.17) is 10.5 Å². The third kappa shape index (κ3) is 3.18. The summed E-state index contributed by atoms with van der Waals surface area (Å²) < 4.78 is 18.0. The molecule has 0 fully saturated rings. The quantitative estimate of drug-likeness (QED) is 0.787. The minimum atomic E-state index is -0.694. The highest BCUT2D eigenvalue weighted by molar-refractivity contribution is 5.34. The molecular weight excluding hydrogens is 197 g/mol. The zero-order valence-electron chi connectivity index (χ0n) is 8.90. The van der Waals surface area contributed by atoms with Crippen molar-refractivity contribution in [2.75, 3.05) is 7.11 Å². The van der Waals surface area contributed by atoms with Gasteiger partial charge >= 0.3 is 0 Å². The highest BCUT2D eigenvalue weighted by Gasteiger charge is 2.14. The standard InChI is InChI=1S/C11H16FNO2/c1-7(13)10(14)6-8-5-9(12)3-4-11(8)15-2/h3-5,7,10,14H,6,13H2,1-2H3. The molecule has 0 heterocycles. The molecule has 0 aromatic heterocycles. The summed E-state index contributed by atoms with van der Waals surface area (Å²) in [6, 6.07) is 3.86. The summed E-state index contributed by atoms with van der Waals surface area (Å²) in [5, 5.41) is 9.59. The number of hydrogen-bond donors (Lipinski definition) is 2. The lowest BCUT2D eigenvalue weighted by molar-refractivity contribution is 0.150. The van der Waals surface area contributed by atoms with Crippen LogP contribution in [0, 0.1) is 5.82 Å². The third-order valence-corrected chi connectivity index (χ3v) is 2.28. The minimum Gasteiger partial charge on any atom is -0.496 e. The van der Waals surface area contributed by atoms with E-state index in [1.54, 1.807) is 13.0 Å².